The first-order valence-corrected chi connectivity index (χ1v) is 9.66. The van der Waals surface area contributed by atoms with Crippen LogP contribution in [0.2, 0.25) is 0 Å². The van der Waals surface area contributed by atoms with Crippen molar-refractivity contribution in [3.05, 3.63) is 89.6 Å². The highest BCUT2D eigenvalue weighted by atomic mass is 16.4. The van der Waals surface area contributed by atoms with Crippen LogP contribution in [0.4, 0.5) is 0 Å². The van der Waals surface area contributed by atoms with Gasteiger partial charge in [-0.15, -0.1) is 0 Å². The van der Waals surface area contributed by atoms with Gasteiger partial charge in [0.15, 0.2) is 5.76 Å². The third-order valence-electron chi connectivity index (χ3n) is 4.60. The molecule has 2 aromatic heterocycles. The summed E-state index contributed by atoms with van der Waals surface area (Å²) < 4.78 is 5.80. The minimum atomic E-state index is -0.193. The summed E-state index contributed by atoms with van der Waals surface area (Å²) >= 11 is 0. The van der Waals surface area contributed by atoms with Crippen LogP contribution in [0.1, 0.15) is 41.4 Å². The Hall–Kier alpha value is -2.92. The van der Waals surface area contributed by atoms with Crippen molar-refractivity contribution in [1.82, 2.24) is 15.2 Å². The molecular weight excluding hydrogens is 350 g/mol. The maximum atomic E-state index is 12.3. The average molecular weight is 377 g/mol. The zero-order valence-electron chi connectivity index (χ0n) is 16.5. The van der Waals surface area contributed by atoms with Gasteiger partial charge in [-0.25, -0.2) is 0 Å². The molecule has 0 bridgehead atoms. The van der Waals surface area contributed by atoms with E-state index in [-0.39, 0.29) is 5.91 Å². The van der Waals surface area contributed by atoms with Gasteiger partial charge < -0.3 is 9.73 Å². The highest BCUT2D eigenvalue weighted by Gasteiger charge is 2.16. The van der Waals surface area contributed by atoms with E-state index in [1.54, 1.807) is 12.3 Å². The zero-order chi connectivity index (χ0) is 19.8. The van der Waals surface area contributed by atoms with Crippen LogP contribution < -0.4 is 5.32 Å². The highest BCUT2D eigenvalue weighted by Crippen LogP contribution is 2.15. The molecular formula is C23H27N3O2. The molecule has 0 radical (unpaired) electrons. The van der Waals surface area contributed by atoms with Crippen LogP contribution in [0.3, 0.4) is 0 Å². The largest absolute Gasteiger partial charge is 0.455 e. The van der Waals surface area contributed by atoms with Crippen molar-refractivity contribution >= 4 is 5.91 Å². The lowest BCUT2D eigenvalue weighted by molar-refractivity contribution is 0.0921. The van der Waals surface area contributed by atoms with Crippen molar-refractivity contribution in [3.63, 3.8) is 0 Å². The number of hydrogen-bond donors (Lipinski definition) is 1. The van der Waals surface area contributed by atoms with Gasteiger partial charge >= 0.3 is 0 Å². The number of aromatic nitrogens is 1. The molecule has 0 saturated carbocycles. The minimum Gasteiger partial charge on any atom is -0.455 e. The molecule has 0 atom stereocenters. The fourth-order valence-corrected chi connectivity index (χ4v) is 2.96. The Kier molecular flexibility index (Phi) is 6.98. The van der Waals surface area contributed by atoms with Gasteiger partial charge in [0.2, 0.25) is 0 Å². The first kappa shape index (κ1) is 19.8. The van der Waals surface area contributed by atoms with Crippen molar-refractivity contribution < 1.29 is 9.21 Å². The molecule has 0 spiro atoms. The standard InChI is InChI=1S/C23H27N3O2/c1-18(2)26(16-19-8-4-3-5-9-19)17-21-11-12-22(28-21)23(27)25-15-13-20-10-6-7-14-24-20/h3-12,14,18H,13,15-17H2,1-2H3,(H,25,27). The Morgan fingerprint density at radius 2 is 1.82 bits per heavy atom. The monoisotopic (exact) mass is 377 g/mol. The summed E-state index contributed by atoms with van der Waals surface area (Å²) in [7, 11) is 0. The van der Waals surface area contributed by atoms with E-state index in [9.17, 15) is 4.79 Å². The van der Waals surface area contributed by atoms with Crippen LogP contribution >= 0.6 is 0 Å². The summed E-state index contributed by atoms with van der Waals surface area (Å²) in [5.74, 6) is 0.945. The highest BCUT2D eigenvalue weighted by molar-refractivity contribution is 5.91. The molecule has 0 saturated heterocycles. The number of hydrogen-bond acceptors (Lipinski definition) is 4. The van der Waals surface area contributed by atoms with Crippen molar-refractivity contribution in [2.24, 2.45) is 0 Å². The summed E-state index contributed by atoms with van der Waals surface area (Å²) in [6, 6.07) is 20.1. The number of carbonyl (C=O) groups is 1. The molecule has 3 rings (SSSR count). The molecule has 0 unspecified atom stereocenters. The second kappa shape index (κ2) is 9.85. The third-order valence-corrected chi connectivity index (χ3v) is 4.60. The van der Waals surface area contributed by atoms with Gasteiger partial charge in [-0.05, 0) is 43.7 Å². The smallest absolute Gasteiger partial charge is 0.287 e. The minimum absolute atomic E-state index is 0.193. The topological polar surface area (TPSA) is 58.4 Å². The Labute approximate surface area is 166 Å². The second-order valence-electron chi connectivity index (χ2n) is 7.08. The van der Waals surface area contributed by atoms with E-state index in [0.29, 0.717) is 31.3 Å². The van der Waals surface area contributed by atoms with Crippen LogP contribution in [0.15, 0.2) is 71.3 Å². The molecule has 2 heterocycles. The second-order valence-corrected chi connectivity index (χ2v) is 7.08. The van der Waals surface area contributed by atoms with E-state index in [1.807, 2.05) is 42.5 Å². The Morgan fingerprint density at radius 1 is 1.04 bits per heavy atom. The Morgan fingerprint density at radius 3 is 2.54 bits per heavy atom. The van der Waals surface area contributed by atoms with Gasteiger partial charge in [-0.3, -0.25) is 14.7 Å². The van der Waals surface area contributed by atoms with Crippen LogP contribution in [0, 0.1) is 0 Å². The lowest BCUT2D eigenvalue weighted by Gasteiger charge is -2.25. The maximum absolute atomic E-state index is 12.3. The van der Waals surface area contributed by atoms with Gasteiger partial charge in [0.25, 0.3) is 5.91 Å². The molecule has 0 aliphatic rings. The number of nitrogens with zero attached hydrogens (tertiary/aromatic N) is 2. The summed E-state index contributed by atoms with van der Waals surface area (Å²) in [5.41, 5.74) is 2.21. The number of carbonyl (C=O) groups excluding carboxylic acids is 1. The van der Waals surface area contributed by atoms with E-state index >= 15 is 0 Å². The molecule has 5 nitrogen and oxygen atoms in total. The number of rotatable bonds is 9. The quantitative estimate of drug-likeness (QED) is 0.611. The average Bonchev–Trinajstić information content (AvgIpc) is 3.18. The van der Waals surface area contributed by atoms with Crippen molar-refractivity contribution in [2.45, 2.75) is 39.4 Å². The van der Waals surface area contributed by atoms with Crippen LogP contribution in [-0.2, 0) is 19.5 Å². The molecule has 3 aromatic rings. The number of furan rings is 1. The lowest BCUT2D eigenvalue weighted by atomic mass is 10.2. The van der Waals surface area contributed by atoms with Crippen molar-refractivity contribution in [3.8, 4) is 0 Å². The summed E-state index contributed by atoms with van der Waals surface area (Å²) in [6.07, 6.45) is 2.45. The maximum Gasteiger partial charge on any atom is 0.287 e. The number of amides is 1. The van der Waals surface area contributed by atoms with Crippen molar-refractivity contribution in [1.29, 1.82) is 0 Å². The molecule has 28 heavy (non-hydrogen) atoms. The Balaban J connectivity index is 1.53. The first-order chi connectivity index (χ1) is 13.6. The molecule has 0 fully saturated rings. The van der Waals surface area contributed by atoms with Gasteiger partial charge in [0.05, 0.1) is 6.54 Å². The molecule has 1 N–H and O–H groups in total. The Bertz CT molecular complexity index is 860. The molecule has 0 aliphatic carbocycles. The summed E-state index contributed by atoms with van der Waals surface area (Å²) in [5, 5.41) is 2.89. The van der Waals surface area contributed by atoms with Crippen LogP contribution in [0.5, 0.6) is 0 Å². The van der Waals surface area contributed by atoms with E-state index in [0.717, 1.165) is 18.0 Å². The predicted octanol–water partition coefficient (Wildman–Crippen LogP) is 4.06. The third kappa shape index (κ3) is 5.79. The van der Waals surface area contributed by atoms with Gasteiger partial charge in [-0.2, -0.15) is 0 Å². The van der Waals surface area contributed by atoms with Gasteiger partial charge in [0.1, 0.15) is 5.76 Å². The fourth-order valence-electron chi connectivity index (χ4n) is 2.96. The van der Waals surface area contributed by atoms with Crippen LogP contribution in [0.25, 0.3) is 0 Å². The number of nitrogens with one attached hydrogen (secondary N) is 1. The van der Waals surface area contributed by atoms with E-state index in [1.165, 1.54) is 5.56 Å². The van der Waals surface area contributed by atoms with Crippen LogP contribution in [-0.4, -0.2) is 28.4 Å². The van der Waals surface area contributed by atoms with E-state index in [2.05, 4.69) is 41.2 Å². The number of benzene rings is 1. The predicted molar refractivity (Wildman–Crippen MR) is 110 cm³/mol. The van der Waals surface area contributed by atoms with Gasteiger partial charge in [0, 0.05) is 37.4 Å². The normalized spacial score (nSPS) is 11.1. The van der Waals surface area contributed by atoms with E-state index in [4.69, 9.17) is 4.42 Å². The molecule has 5 heteroatoms. The van der Waals surface area contributed by atoms with E-state index < -0.39 is 0 Å². The molecule has 146 valence electrons. The molecule has 1 amide bonds. The SMILES string of the molecule is CC(C)N(Cc1ccccc1)Cc1ccc(C(=O)NCCc2ccccn2)o1. The first-order valence-electron chi connectivity index (χ1n) is 9.66. The summed E-state index contributed by atoms with van der Waals surface area (Å²) in [6.45, 7) is 6.35. The number of pyridine rings is 1. The zero-order valence-corrected chi connectivity index (χ0v) is 16.5. The summed E-state index contributed by atoms with van der Waals surface area (Å²) in [4.78, 5) is 18.9. The van der Waals surface area contributed by atoms with Crippen molar-refractivity contribution in [2.75, 3.05) is 6.54 Å². The van der Waals surface area contributed by atoms with Gasteiger partial charge in [-0.1, -0.05) is 36.4 Å². The fraction of sp³-hybridized carbons (Fsp3) is 0.304. The lowest BCUT2D eigenvalue weighted by Crippen LogP contribution is -2.29. The molecule has 0 aliphatic heterocycles. The molecule has 1 aromatic carbocycles.